The van der Waals surface area contributed by atoms with Crippen LogP contribution in [0.3, 0.4) is 0 Å². The van der Waals surface area contributed by atoms with E-state index in [1.165, 1.54) is 0 Å². The number of fused-ring (bicyclic) bond motifs is 1. The molecule has 0 saturated heterocycles. The number of alkyl halides is 1. The molecular weight excluding hydrogens is 276 g/mol. The third kappa shape index (κ3) is 2.99. The Hall–Kier alpha value is -1.07. The van der Waals surface area contributed by atoms with Gasteiger partial charge >= 0.3 is 0 Å². The van der Waals surface area contributed by atoms with Gasteiger partial charge in [-0.3, -0.25) is 4.68 Å². The maximum Gasteiger partial charge on any atom is 0.158 e. The van der Waals surface area contributed by atoms with Gasteiger partial charge in [-0.25, -0.2) is 4.98 Å². The van der Waals surface area contributed by atoms with Crippen LogP contribution in [0.15, 0.2) is 0 Å². The van der Waals surface area contributed by atoms with Crippen LogP contribution in [0, 0.1) is 0 Å². The largest absolute Gasteiger partial charge is 0.381 e. The van der Waals surface area contributed by atoms with E-state index in [9.17, 15) is 0 Å². The minimum Gasteiger partial charge on any atom is -0.381 e. The summed E-state index contributed by atoms with van der Waals surface area (Å²) in [6.07, 6.45) is 2.90. The van der Waals surface area contributed by atoms with Crippen LogP contribution in [0.1, 0.15) is 38.2 Å². The molecule has 0 radical (unpaired) electrons. The summed E-state index contributed by atoms with van der Waals surface area (Å²) in [5, 5.41) is 4.52. The molecule has 20 heavy (non-hydrogen) atoms. The van der Waals surface area contributed by atoms with Crippen LogP contribution in [-0.4, -0.2) is 32.5 Å². The SMILES string of the molecule is CCCOCCCn1c(CCl)nc2c(CC)nn(C)c21. The average molecular weight is 299 g/mol. The maximum atomic E-state index is 6.03. The number of imidazole rings is 1. The summed E-state index contributed by atoms with van der Waals surface area (Å²) < 4.78 is 9.61. The van der Waals surface area contributed by atoms with Gasteiger partial charge in [0.2, 0.25) is 0 Å². The molecular formula is C14H23ClN4O. The number of aromatic nitrogens is 4. The van der Waals surface area contributed by atoms with E-state index in [-0.39, 0.29) is 0 Å². The molecule has 0 amide bonds. The Morgan fingerprint density at radius 2 is 2.05 bits per heavy atom. The number of halogens is 1. The molecule has 0 aliphatic heterocycles. The number of ether oxygens (including phenoxy) is 1. The lowest BCUT2D eigenvalue weighted by Gasteiger charge is -2.08. The van der Waals surface area contributed by atoms with Crippen molar-refractivity contribution in [3.8, 4) is 0 Å². The Morgan fingerprint density at radius 1 is 1.25 bits per heavy atom. The lowest BCUT2D eigenvalue weighted by molar-refractivity contribution is 0.129. The third-order valence-corrected chi connectivity index (χ3v) is 3.58. The van der Waals surface area contributed by atoms with Gasteiger partial charge in [-0.15, -0.1) is 11.6 Å². The van der Waals surface area contributed by atoms with Crippen molar-refractivity contribution in [1.29, 1.82) is 0 Å². The first kappa shape index (κ1) is 15.3. The van der Waals surface area contributed by atoms with Gasteiger partial charge in [0, 0.05) is 26.8 Å². The van der Waals surface area contributed by atoms with Crippen LogP contribution in [-0.2, 0) is 30.6 Å². The van der Waals surface area contributed by atoms with E-state index >= 15 is 0 Å². The van der Waals surface area contributed by atoms with Gasteiger partial charge in [0.05, 0.1) is 11.6 Å². The van der Waals surface area contributed by atoms with Crippen LogP contribution >= 0.6 is 11.6 Å². The molecule has 0 atom stereocenters. The molecule has 0 N–H and O–H groups in total. The molecule has 112 valence electrons. The minimum atomic E-state index is 0.424. The van der Waals surface area contributed by atoms with Crippen LogP contribution < -0.4 is 0 Å². The molecule has 0 aromatic carbocycles. The predicted octanol–water partition coefficient (Wildman–Crippen LogP) is 2.89. The van der Waals surface area contributed by atoms with Crippen LogP contribution in [0.2, 0.25) is 0 Å². The Morgan fingerprint density at radius 3 is 2.70 bits per heavy atom. The van der Waals surface area contributed by atoms with E-state index in [1.54, 1.807) is 0 Å². The second-order valence-electron chi connectivity index (χ2n) is 4.88. The number of hydrogen-bond acceptors (Lipinski definition) is 3. The molecule has 0 unspecified atom stereocenters. The summed E-state index contributed by atoms with van der Waals surface area (Å²) >= 11 is 6.03. The summed E-state index contributed by atoms with van der Waals surface area (Å²) in [5.74, 6) is 1.34. The van der Waals surface area contributed by atoms with E-state index in [0.717, 1.165) is 61.7 Å². The van der Waals surface area contributed by atoms with Crippen LogP contribution in [0.4, 0.5) is 0 Å². The van der Waals surface area contributed by atoms with Gasteiger partial charge < -0.3 is 9.30 Å². The monoisotopic (exact) mass is 298 g/mol. The molecule has 5 nitrogen and oxygen atoms in total. The quantitative estimate of drug-likeness (QED) is 0.556. The average Bonchev–Trinajstić information content (AvgIpc) is 2.96. The van der Waals surface area contributed by atoms with Gasteiger partial charge in [0.1, 0.15) is 11.3 Å². The molecule has 0 aliphatic carbocycles. The molecule has 0 spiro atoms. The third-order valence-electron chi connectivity index (χ3n) is 3.34. The van der Waals surface area contributed by atoms with Gasteiger partial charge in [-0.1, -0.05) is 13.8 Å². The van der Waals surface area contributed by atoms with Crippen molar-refractivity contribution < 1.29 is 4.74 Å². The molecule has 0 saturated carbocycles. The van der Waals surface area contributed by atoms with E-state index < -0.39 is 0 Å². The topological polar surface area (TPSA) is 44.9 Å². The van der Waals surface area contributed by atoms with E-state index in [1.807, 2.05) is 11.7 Å². The lowest BCUT2D eigenvalue weighted by atomic mass is 10.3. The van der Waals surface area contributed by atoms with Gasteiger partial charge in [-0.2, -0.15) is 5.10 Å². The number of rotatable bonds is 8. The first-order valence-corrected chi connectivity index (χ1v) is 7.81. The van der Waals surface area contributed by atoms with Gasteiger partial charge in [0.15, 0.2) is 5.65 Å². The van der Waals surface area contributed by atoms with Crippen molar-refractivity contribution in [3.63, 3.8) is 0 Å². The minimum absolute atomic E-state index is 0.424. The fourth-order valence-electron chi connectivity index (χ4n) is 2.43. The molecule has 6 heteroatoms. The molecule has 0 bridgehead atoms. The normalized spacial score (nSPS) is 11.6. The van der Waals surface area contributed by atoms with Crippen molar-refractivity contribution in [2.24, 2.45) is 7.05 Å². The molecule has 2 aromatic heterocycles. The van der Waals surface area contributed by atoms with Gasteiger partial charge in [-0.05, 0) is 19.3 Å². The molecule has 0 fully saturated rings. The Kier molecular flexibility index (Phi) is 5.43. The van der Waals surface area contributed by atoms with Gasteiger partial charge in [0.25, 0.3) is 0 Å². The highest BCUT2D eigenvalue weighted by molar-refractivity contribution is 6.16. The first-order valence-electron chi connectivity index (χ1n) is 7.27. The fraction of sp³-hybridized carbons (Fsp3) is 0.714. The van der Waals surface area contributed by atoms with E-state index in [2.05, 4.69) is 28.5 Å². The maximum absolute atomic E-state index is 6.03. The first-order chi connectivity index (χ1) is 9.72. The smallest absolute Gasteiger partial charge is 0.158 e. The van der Waals surface area contributed by atoms with Crippen LogP contribution in [0.5, 0.6) is 0 Å². The van der Waals surface area contributed by atoms with Crippen molar-refractivity contribution in [2.75, 3.05) is 13.2 Å². The van der Waals surface area contributed by atoms with Crippen molar-refractivity contribution >= 4 is 22.8 Å². The zero-order chi connectivity index (χ0) is 14.5. The highest BCUT2D eigenvalue weighted by atomic mass is 35.5. The van der Waals surface area contributed by atoms with Crippen molar-refractivity contribution in [2.45, 2.75) is 45.5 Å². The highest BCUT2D eigenvalue weighted by Crippen LogP contribution is 2.21. The highest BCUT2D eigenvalue weighted by Gasteiger charge is 2.17. The standard InChI is InChI=1S/C14H23ClN4O/c1-4-8-20-9-6-7-19-12(10-15)16-13-11(5-2)17-18(3)14(13)19/h4-10H2,1-3H3. The summed E-state index contributed by atoms with van der Waals surface area (Å²) in [5.41, 5.74) is 3.09. The second-order valence-corrected chi connectivity index (χ2v) is 5.14. The fourth-order valence-corrected chi connectivity index (χ4v) is 2.64. The molecule has 2 aromatic rings. The predicted molar refractivity (Wildman–Crippen MR) is 81.2 cm³/mol. The second kappa shape index (κ2) is 7.09. The zero-order valence-corrected chi connectivity index (χ0v) is 13.3. The van der Waals surface area contributed by atoms with Crippen molar-refractivity contribution in [3.05, 3.63) is 11.5 Å². The van der Waals surface area contributed by atoms with Crippen molar-refractivity contribution in [1.82, 2.24) is 19.3 Å². The summed E-state index contributed by atoms with van der Waals surface area (Å²) in [7, 11) is 1.96. The van der Waals surface area contributed by atoms with Crippen LogP contribution in [0.25, 0.3) is 11.2 Å². The molecule has 2 rings (SSSR count). The number of nitrogens with zero attached hydrogens (tertiary/aromatic N) is 4. The summed E-state index contributed by atoms with van der Waals surface area (Å²) in [6.45, 7) is 6.68. The Bertz CT molecular complexity index is 561. The zero-order valence-electron chi connectivity index (χ0n) is 12.5. The van der Waals surface area contributed by atoms with E-state index in [4.69, 9.17) is 16.3 Å². The summed E-state index contributed by atoms with van der Waals surface area (Å²) in [4.78, 5) is 4.64. The Balaban J connectivity index is 2.19. The number of aryl methyl sites for hydroxylation is 3. The summed E-state index contributed by atoms with van der Waals surface area (Å²) in [6, 6.07) is 0. The Labute approximate surface area is 124 Å². The molecule has 0 aliphatic rings. The lowest BCUT2D eigenvalue weighted by Crippen LogP contribution is -2.09. The van der Waals surface area contributed by atoms with E-state index in [0.29, 0.717) is 5.88 Å². The number of hydrogen-bond donors (Lipinski definition) is 0. The molecule has 2 heterocycles.